The van der Waals surface area contributed by atoms with E-state index in [1.54, 1.807) is 12.1 Å². The highest BCUT2D eigenvalue weighted by Crippen LogP contribution is 2.24. The molecule has 1 aliphatic rings. The van der Waals surface area contributed by atoms with Crippen molar-refractivity contribution in [2.75, 3.05) is 45.2 Å². The summed E-state index contributed by atoms with van der Waals surface area (Å²) in [6.07, 6.45) is 0. The first-order valence-corrected chi connectivity index (χ1v) is 10.5. The van der Waals surface area contributed by atoms with Gasteiger partial charge in [-0.2, -0.15) is 0 Å². The van der Waals surface area contributed by atoms with Crippen LogP contribution in [0.25, 0.3) is 0 Å². The van der Waals surface area contributed by atoms with E-state index in [2.05, 4.69) is 33.1 Å². The van der Waals surface area contributed by atoms with Gasteiger partial charge in [-0.3, -0.25) is 9.59 Å². The van der Waals surface area contributed by atoms with Gasteiger partial charge in [0.2, 0.25) is 0 Å². The molecule has 2 N–H and O–H groups in total. The lowest BCUT2D eigenvalue weighted by molar-refractivity contribution is -0.883. The summed E-state index contributed by atoms with van der Waals surface area (Å²) in [5.41, 5.74) is 2.31. The number of hydrogen-bond acceptors (Lipinski definition) is 3. The Morgan fingerprint density at radius 1 is 1.03 bits per heavy atom. The molecule has 2 aromatic carbocycles. The number of likely N-dealkylation sites (N-methyl/N-ethyl adjacent to an activating group) is 1. The number of rotatable bonds is 5. The van der Waals surface area contributed by atoms with Gasteiger partial charge in [0.05, 0.1) is 44.5 Å². The van der Waals surface area contributed by atoms with Crippen LogP contribution in [0.2, 0.25) is 0 Å². The fourth-order valence-electron chi connectivity index (χ4n) is 3.43. The van der Waals surface area contributed by atoms with Crippen LogP contribution in [0.15, 0.2) is 48.5 Å². The molecule has 2 amide bonds. The largest absolute Gasteiger partial charge is 0.484 e. The normalized spacial score (nSPS) is 15.0. The van der Waals surface area contributed by atoms with Gasteiger partial charge in [-0.15, -0.1) is 0 Å². The average molecular weight is 411 g/mol. The van der Waals surface area contributed by atoms with Gasteiger partial charge < -0.3 is 19.9 Å². The molecule has 0 aromatic heterocycles. The third-order valence-electron chi connectivity index (χ3n) is 5.43. The molecule has 0 aliphatic carbocycles. The Bertz CT molecular complexity index is 879. The van der Waals surface area contributed by atoms with Crippen LogP contribution in [-0.4, -0.2) is 56.5 Å². The van der Waals surface area contributed by atoms with E-state index in [0.717, 1.165) is 26.2 Å². The predicted molar refractivity (Wildman–Crippen MR) is 118 cm³/mol. The number of ether oxygens (including phenoxy) is 1. The summed E-state index contributed by atoms with van der Waals surface area (Å²) in [6.45, 7) is 9.65. The monoisotopic (exact) mass is 410 g/mol. The number of carbonyl (C=O) groups excluding carboxylic acids is 2. The molecule has 0 spiro atoms. The van der Waals surface area contributed by atoms with Crippen molar-refractivity contribution in [2.24, 2.45) is 0 Å². The molecular weight excluding hydrogens is 378 g/mol. The molecule has 0 saturated carbocycles. The number of quaternary nitrogens is 1. The van der Waals surface area contributed by atoms with Crippen LogP contribution >= 0.6 is 0 Å². The molecule has 1 saturated heterocycles. The molecule has 0 unspecified atom stereocenters. The number of anilines is 1. The first kappa shape index (κ1) is 21.8. The van der Waals surface area contributed by atoms with Crippen molar-refractivity contribution in [1.29, 1.82) is 0 Å². The second-order valence-corrected chi connectivity index (χ2v) is 8.91. The highest BCUT2D eigenvalue weighted by atomic mass is 16.5. The summed E-state index contributed by atoms with van der Waals surface area (Å²) in [5.74, 6) is 0.303. The molecule has 1 heterocycles. The first-order valence-electron chi connectivity index (χ1n) is 10.5. The van der Waals surface area contributed by atoms with E-state index in [0.29, 0.717) is 17.0 Å². The molecule has 160 valence electrons. The minimum Gasteiger partial charge on any atom is -0.484 e. The van der Waals surface area contributed by atoms with Crippen LogP contribution in [0.5, 0.6) is 5.75 Å². The summed E-state index contributed by atoms with van der Waals surface area (Å²) in [7, 11) is 2.13. The van der Waals surface area contributed by atoms with Crippen LogP contribution in [0.3, 0.4) is 0 Å². The maximum absolute atomic E-state index is 12.9. The van der Waals surface area contributed by atoms with Crippen molar-refractivity contribution in [1.82, 2.24) is 4.90 Å². The Kier molecular flexibility index (Phi) is 6.77. The number of nitrogens with one attached hydrogen (secondary N) is 2. The maximum atomic E-state index is 12.9. The van der Waals surface area contributed by atoms with Crippen LogP contribution in [0, 0.1) is 0 Å². The molecule has 3 rings (SSSR count). The Morgan fingerprint density at radius 2 is 1.67 bits per heavy atom. The Hall–Kier alpha value is -2.86. The zero-order valence-electron chi connectivity index (χ0n) is 18.3. The van der Waals surface area contributed by atoms with Gasteiger partial charge >= 0.3 is 0 Å². The topological polar surface area (TPSA) is 63.1 Å². The molecule has 2 aromatic rings. The number of para-hydroxylation sites is 1. The number of carbonyl (C=O) groups is 2. The van der Waals surface area contributed by atoms with Crippen molar-refractivity contribution in [2.45, 2.75) is 26.2 Å². The molecule has 6 nitrogen and oxygen atoms in total. The van der Waals surface area contributed by atoms with Crippen molar-refractivity contribution < 1.29 is 19.2 Å². The maximum Gasteiger partial charge on any atom is 0.262 e. The lowest BCUT2D eigenvalue weighted by Crippen LogP contribution is -3.12. The van der Waals surface area contributed by atoms with E-state index in [4.69, 9.17) is 4.74 Å². The van der Waals surface area contributed by atoms with Gasteiger partial charge in [-0.05, 0) is 35.2 Å². The van der Waals surface area contributed by atoms with E-state index in [1.165, 1.54) is 10.5 Å². The van der Waals surface area contributed by atoms with Crippen molar-refractivity contribution >= 4 is 17.5 Å². The van der Waals surface area contributed by atoms with Gasteiger partial charge in [-0.25, -0.2) is 0 Å². The zero-order chi connectivity index (χ0) is 21.7. The number of benzene rings is 2. The summed E-state index contributed by atoms with van der Waals surface area (Å²) < 4.78 is 5.63. The smallest absolute Gasteiger partial charge is 0.262 e. The van der Waals surface area contributed by atoms with Crippen molar-refractivity contribution in [3.63, 3.8) is 0 Å². The SMILES string of the molecule is C[NH+]1CCN(C(=O)c2ccccc2NC(=O)COc2ccc(C(C)(C)C)cc2)CC1. The van der Waals surface area contributed by atoms with Gasteiger partial charge in [0, 0.05) is 0 Å². The van der Waals surface area contributed by atoms with Gasteiger partial charge in [0.25, 0.3) is 11.8 Å². The number of hydrogen-bond donors (Lipinski definition) is 2. The molecule has 0 atom stereocenters. The van der Waals surface area contributed by atoms with Crippen LogP contribution in [-0.2, 0) is 10.2 Å². The van der Waals surface area contributed by atoms with Gasteiger partial charge in [-0.1, -0.05) is 45.0 Å². The highest BCUT2D eigenvalue weighted by molar-refractivity contribution is 6.04. The van der Waals surface area contributed by atoms with Crippen molar-refractivity contribution in [3.05, 3.63) is 59.7 Å². The van der Waals surface area contributed by atoms with Crippen LogP contribution < -0.4 is 15.0 Å². The number of amides is 2. The molecule has 1 aliphatic heterocycles. The third-order valence-corrected chi connectivity index (χ3v) is 5.43. The summed E-state index contributed by atoms with van der Waals surface area (Å²) >= 11 is 0. The second kappa shape index (κ2) is 9.30. The fraction of sp³-hybridized carbons (Fsp3) is 0.417. The fourth-order valence-corrected chi connectivity index (χ4v) is 3.43. The predicted octanol–water partition coefficient (Wildman–Crippen LogP) is 1.97. The van der Waals surface area contributed by atoms with Crippen LogP contribution in [0.4, 0.5) is 5.69 Å². The first-order chi connectivity index (χ1) is 14.2. The second-order valence-electron chi connectivity index (χ2n) is 8.91. The molecule has 30 heavy (non-hydrogen) atoms. The van der Waals surface area contributed by atoms with E-state index in [-0.39, 0.29) is 23.8 Å². The summed E-state index contributed by atoms with van der Waals surface area (Å²) in [5, 5.41) is 2.83. The van der Waals surface area contributed by atoms with Crippen molar-refractivity contribution in [3.8, 4) is 5.75 Å². The highest BCUT2D eigenvalue weighted by Gasteiger charge is 2.24. The average Bonchev–Trinajstić information content (AvgIpc) is 2.72. The molecular formula is C24H32N3O3+. The number of piperazine rings is 1. The Labute approximate surface area is 178 Å². The minimum absolute atomic E-state index is 0.0444. The lowest BCUT2D eigenvalue weighted by Gasteiger charge is -2.30. The van der Waals surface area contributed by atoms with Gasteiger partial charge in [0.15, 0.2) is 6.61 Å². The zero-order valence-corrected chi connectivity index (χ0v) is 18.3. The standard InChI is InChI=1S/C24H31N3O3/c1-24(2,3)18-9-11-19(12-10-18)30-17-22(28)25-21-8-6-5-7-20(21)23(29)27-15-13-26(4)14-16-27/h5-12H,13-17H2,1-4H3,(H,25,28)/p+1. The van der Waals surface area contributed by atoms with Crippen LogP contribution in [0.1, 0.15) is 36.7 Å². The molecule has 6 heteroatoms. The Balaban J connectivity index is 1.60. The van der Waals surface area contributed by atoms with E-state index < -0.39 is 0 Å². The van der Waals surface area contributed by atoms with E-state index in [1.807, 2.05) is 41.3 Å². The molecule has 1 fully saturated rings. The lowest BCUT2D eigenvalue weighted by atomic mass is 9.87. The van der Waals surface area contributed by atoms with E-state index in [9.17, 15) is 9.59 Å². The Morgan fingerprint density at radius 3 is 2.30 bits per heavy atom. The van der Waals surface area contributed by atoms with E-state index >= 15 is 0 Å². The molecule has 0 bridgehead atoms. The summed E-state index contributed by atoms with van der Waals surface area (Å²) in [6, 6.07) is 14.9. The molecule has 0 radical (unpaired) electrons. The minimum atomic E-state index is -0.294. The third kappa shape index (κ3) is 5.60. The van der Waals surface area contributed by atoms with Gasteiger partial charge in [0.1, 0.15) is 5.75 Å². The number of nitrogens with zero attached hydrogens (tertiary/aromatic N) is 1. The summed E-state index contributed by atoms with van der Waals surface area (Å²) in [4.78, 5) is 28.7. The quantitative estimate of drug-likeness (QED) is 0.792.